The van der Waals surface area contributed by atoms with Crippen LogP contribution in [0.15, 0.2) is 0 Å². The molecule has 2 atom stereocenters. The molecule has 0 spiro atoms. The fourth-order valence-electron chi connectivity index (χ4n) is 1.98. The average molecular weight is 228 g/mol. The molecule has 94 valence electrons. The molecule has 1 aliphatic heterocycles. The molecule has 4 heteroatoms. The molecule has 0 aromatic heterocycles. The molecule has 1 heterocycles. The molecule has 1 fully saturated rings. The van der Waals surface area contributed by atoms with Gasteiger partial charge in [0.15, 0.2) is 0 Å². The normalized spacial score (nSPS) is 23.1. The van der Waals surface area contributed by atoms with E-state index in [0.29, 0.717) is 18.9 Å². The zero-order valence-electron chi connectivity index (χ0n) is 10.6. The summed E-state index contributed by atoms with van der Waals surface area (Å²) in [5.74, 6) is 0.619. The molecular weight excluding hydrogens is 204 g/mol. The van der Waals surface area contributed by atoms with Gasteiger partial charge in [-0.05, 0) is 12.3 Å². The molecule has 1 rings (SSSR count). The van der Waals surface area contributed by atoms with Crippen LogP contribution in [-0.2, 0) is 9.53 Å². The van der Waals surface area contributed by atoms with E-state index < -0.39 is 0 Å². The van der Waals surface area contributed by atoms with Gasteiger partial charge in [0.1, 0.15) is 0 Å². The maximum Gasteiger partial charge on any atom is 0.221 e. The molecule has 1 saturated heterocycles. The number of ether oxygens (including phenoxy) is 1. The van der Waals surface area contributed by atoms with Crippen LogP contribution in [0.1, 0.15) is 33.6 Å². The molecule has 0 aliphatic carbocycles. The van der Waals surface area contributed by atoms with Crippen molar-refractivity contribution in [3.05, 3.63) is 0 Å². The number of nitrogens with one attached hydrogen (secondary N) is 2. The number of carbonyl (C=O) groups excluding carboxylic acids is 1. The number of amides is 1. The maximum absolute atomic E-state index is 11.8. The van der Waals surface area contributed by atoms with Gasteiger partial charge in [0, 0.05) is 25.0 Å². The monoisotopic (exact) mass is 228 g/mol. The minimum absolute atomic E-state index is 0.128. The Hall–Kier alpha value is -0.610. The van der Waals surface area contributed by atoms with Crippen molar-refractivity contribution in [2.24, 2.45) is 5.92 Å². The predicted octanol–water partition coefficient (Wildman–Crippen LogP) is 0.916. The van der Waals surface area contributed by atoms with E-state index in [9.17, 15) is 4.79 Å². The fourth-order valence-corrected chi connectivity index (χ4v) is 1.98. The minimum Gasteiger partial charge on any atom is -0.378 e. The minimum atomic E-state index is 0.128. The highest BCUT2D eigenvalue weighted by Gasteiger charge is 2.19. The van der Waals surface area contributed by atoms with E-state index in [0.717, 1.165) is 19.6 Å². The molecular formula is C12H24N2O2. The SMILES string of the molecule is CCC(NC(=O)CC1COCCN1)C(C)C. The van der Waals surface area contributed by atoms with Gasteiger partial charge in [-0.15, -0.1) is 0 Å². The van der Waals surface area contributed by atoms with Crippen molar-refractivity contribution in [1.82, 2.24) is 10.6 Å². The predicted molar refractivity (Wildman–Crippen MR) is 64.3 cm³/mol. The van der Waals surface area contributed by atoms with Crippen molar-refractivity contribution < 1.29 is 9.53 Å². The van der Waals surface area contributed by atoms with Crippen LogP contribution < -0.4 is 10.6 Å². The molecule has 0 aromatic carbocycles. The lowest BCUT2D eigenvalue weighted by Gasteiger charge is -2.25. The van der Waals surface area contributed by atoms with Gasteiger partial charge in [-0.1, -0.05) is 20.8 Å². The third-order valence-electron chi connectivity index (χ3n) is 3.02. The Kier molecular flexibility index (Phi) is 5.77. The number of carbonyl (C=O) groups is 1. The lowest BCUT2D eigenvalue weighted by molar-refractivity contribution is -0.123. The zero-order valence-corrected chi connectivity index (χ0v) is 10.6. The Bertz CT molecular complexity index is 213. The highest BCUT2D eigenvalue weighted by molar-refractivity contribution is 5.76. The van der Waals surface area contributed by atoms with Crippen LogP contribution >= 0.6 is 0 Å². The smallest absolute Gasteiger partial charge is 0.221 e. The molecule has 0 aromatic rings. The van der Waals surface area contributed by atoms with Gasteiger partial charge < -0.3 is 15.4 Å². The van der Waals surface area contributed by atoms with Crippen molar-refractivity contribution in [3.63, 3.8) is 0 Å². The van der Waals surface area contributed by atoms with Crippen LogP contribution in [0.25, 0.3) is 0 Å². The van der Waals surface area contributed by atoms with Crippen LogP contribution in [0.5, 0.6) is 0 Å². The summed E-state index contributed by atoms with van der Waals surface area (Å²) in [5.41, 5.74) is 0. The van der Waals surface area contributed by atoms with E-state index in [1.54, 1.807) is 0 Å². The van der Waals surface area contributed by atoms with Gasteiger partial charge in [-0.2, -0.15) is 0 Å². The Balaban J connectivity index is 2.28. The van der Waals surface area contributed by atoms with Crippen molar-refractivity contribution >= 4 is 5.91 Å². The molecule has 0 saturated carbocycles. The second kappa shape index (κ2) is 6.86. The number of morpholine rings is 1. The van der Waals surface area contributed by atoms with Gasteiger partial charge in [0.05, 0.1) is 13.2 Å². The topological polar surface area (TPSA) is 50.4 Å². The van der Waals surface area contributed by atoms with E-state index in [1.165, 1.54) is 0 Å². The summed E-state index contributed by atoms with van der Waals surface area (Å²) < 4.78 is 5.32. The first-order chi connectivity index (χ1) is 7.63. The van der Waals surface area contributed by atoms with E-state index in [2.05, 4.69) is 31.4 Å². The molecule has 0 bridgehead atoms. The highest BCUT2D eigenvalue weighted by Crippen LogP contribution is 2.06. The zero-order chi connectivity index (χ0) is 12.0. The van der Waals surface area contributed by atoms with Crippen molar-refractivity contribution in [3.8, 4) is 0 Å². The summed E-state index contributed by atoms with van der Waals surface area (Å²) in [6, 6.07) is 0.468. The van der Waals surface area contributed by atoms with Crippen molar-refractivity contribution in [2.45, 2.75) is 45.7 Å². The van der Waals surface area contributed by atoms with E-state index in [1.807, 2.05) is 0 Å². The van der Waals surface area contributed by atoms with Crippen LogP contribution in [0, 0.1) is 5.92 Å². The van der Waals surface area contributed by atoms with E-state index in [4.69, 9.17) is 4.74 Å². The number of hydrogen-bond acceptors (Lipinski definition) is 3. The quantitative estimate of drug-likeness (QED) is 0.735. The standard InChI is InChI=1S/C12H24N2O2/c1-4-11(9(2)3)14-12(15)7-10-8-16-6-5-13-10/h9-11,13H,4-8H2,1-3H3,(H,14,15). The first kappa shape index (κ1) is 13.5. The Labute approximate surface area is 98.1 Å². The lowest BCUT2D eigenvalue weighted by Crippen LogP contribution is -2.46. The van der Waals surface area contributed by atoms with Gasteiger partial charge in [0.25, 0.3) is 0 Å². The van der Waals surface area contributed by atoms with Gasteiger partial charge in [-0.3, -0.25) is 4.79 Å². The first-order valence-electron chi connectivity index (χ1n) is 6.24. The summed E-state index contributed by atoms with van der Waals surface area (Å²) in [6.45, 7) is 8.62. The molecule has 16 heavy (non-hydrogen) atoms. The Morgan fingerprint density at radius 1 is 1.56 bits per heavy atom. The lowest BCUT2D eigenvalue weighted by atomic mass is 10.0. The van der Waals surface area contributed by atoms with Gasteiger partial charge >= 0.3 is 0 Å². The molecule has 4 nitrogen and oxygen atoms in total. The molecule has 1 aliphatic rings. The largest absolute Gasteiger partial charge is 0.378 e. The molecule has 2 unspecified atom stereocenters. The van der Waals surface area contributed by atoms with E-state index in [-0.39, 0.29) is 18.0 Å². The molecule has 0 radical (unpaired) electrons. The summed E-state index contributed by atoms with van der Waals surface area (Å²) in [4.78, 5) is 11.8. The fraction of sp³-hybridized carbons (Fsp3) is 0.917. The summed E-state index contributed by atoms with van der Waals surface area (Å²) in [5, 5.41) is 6.36. The summed E-state index contributed by atoms with van der Waals surface area (Å²) >= 11 is 0. The summed E-state index contributed by atoms with van der Waals surface area (Å²) in [7, 11) is 0. The Morgan fingerprint density at radius 2 is 2.31 bits per heavy atom. The van der Waals surface area contributed by atoms with Crippen molar-refractivity contribution in [1.29, 1.82) is 0 Å². The highest BCUT2D eigenvalue weighted by atomic mass is 16.5. The first-order valence-corrected chi connectivity index (χ1v) is 6.24. The van der Waals surface area contributed by atoms with E-state index >= 15 is 0 Å². The summed E-state index contributed by atoms with van der Waals surface area (Å²) in [6.07, 6.45) is 1.50. The second-order valence-electron chi connectivity index (χ2n) is 4.76. The molecule has 1 amide bonds. The van der Waals surface area contributed by atoms with Crippen LogP contribution in [0.4, 0.5) is 0 Å². The van der Waals surface area contributed by atoms with Crippen LogP contribution in [-0.4, -0.2) is 37.7 Å². The third kappa shape index (κ3) is 4.49. The van der Waals surface area contributed by atoms with Crippen LogP contribution in [0.2, 0.25) is 0 Å². The van der Waals surface area contributed by atoms with Gasteiger partial charge in [-0.25, -0.2) is 0 Å². The Morgan fingerprint density at radius 3 is 2.81 bits per heavy atom. The molecule has 2 N–H and O–H groups in total. The number of hydrogen-bond donors (Lipinski definition) is 2. The van der Waals surface area contributed by atoms with Crippen LogP contribution in [0.3, 0.4) is 0 Å². The van der Waals surface area contributed by atoms with Gasteiger partial charge in [0.2, 0.25) is 5.91 Å². The second-order valence-corrected chi connectivity index (χ2v) is 4.76. The third-order valence-corrected chi connectivity index (χ3v) is 3.02. The maximum atomic E-state index is 11.8. The average Bonchev–Trinajstić information content (AvgIpc) is 2.27. The number of rotatable bonds is 5. The van der Waals surface area contributed by atoms with Crippen molar-refractivity contribution in [2.75, 3.05) is 19.8 Å².